The van der Waals surface area contributed by atoms with Gasteiger partial charge in [-0.3, -0.25) is 4.90 Å². The molecule has 3 aliphatic heterocycles. The van der Waals surface area contributed by atoms with E-state index in [2.05, 4.69) is 35.1 Å². The number of nitrogens with one attached hydrogen (secondary N) is 1. The van der Waals surface area contributed by atoms with Crippen molar-refractivity contribution in [3.63, 3.8) is 0 Å². The Morgan fingerprint density at radius 1 is 1.04 bits per heavy atom. The summed E-state index contributed by atoms with van der Waals surface area (Å²) in [6, 6.07) is 10.8. The van der Waals surface area contributed by atoms with Crippen LogP contribution in [-0.4, -0.2) is 119 Å². The van der Waals surface area contributed by atoms with Crippen LogP contribution in [0.3, 0.4) is 0 Å². The summed E-state index contributed by atoms with van der Waals surface area (Å²) in [7, 11) is 1.58. The summed E-state index contributed by atoms with van der Waals surface area (Å²) in [5.74, 6) is -2.31. The maximum absolute atomic E-state index is 15.1. The van der Waals surface area contributed by atoms with Crippen molar-refractivity contribution in [1.29, 1.82) is 5.26 Å². The Hall–Kier alpha value is -4.88. The van der Waals surface area contributed by atoms with Crippen LogP contribution in [0.15, 0.2) is 36.5 Å². The summed E-state index contributed by atoms with van der Waals surface area (Å²) < 4.78 is 52.0. The van der Waals surface area contributed by atoms with E-state index >= 15 is 8.78 Å². The van der Waals surface area contributed by atoms with Crippen molar-refractivity contribution in [2.75, 3.05) is 69.8 Å². The van der Waals surface area contributed by atoms with Gasteiger partial charge in [0.1, 0.15) is 23.2 Å². The molecule has 0 aliphatic carbocycles. The zero-order chi connectivity index (χ0) is 34.8. The Labute approximate surface area is 283 Å². The number of methoxy groups -OCH3 is 1. The first kappa shape index (κ1) is 34.0. The first-order chi connectivity index (χ1) is 23.4. The highest BCUT2D eigenvalue weighted by Crippen LogP contribution is 2.34. The van der Waals surface area contributed by atoms with Gasteiger partial charge in [0.2, 0.25) is 11.8 Å². The van der Waals surface area contributed by atoms with E-state index in [9.17, 15) is 10.1 Å². The van der Waals surface area contributed by atoms with Gasteiger partial charge in [0.25, 0.3) is 0 Å². The highest BCUT2D eigenvalue weighted by molar-refractivity contribution is 5.68. The normalized spacial score (nSPS) is 19.8. The molecular weight excluding hydrogens is 640 g/mol. The highest BCUT2D eigenvalue weighted by Gasteiger charge is 2.48. The van der Waals surface area contributed by atoms with Crippen LogP contribution >= 0.6 is 0 Å². The minimum Gasteiger partial charge on any atom is -0.481 e. The van der Waals surface area contributed by atoms with Crippen molar-refractivity contribution in [1.82, 2.24) is 29.7 Å². The number of nitriles is 1. The molecule has 1 unspecified atom stereocenters. The first-order valence-corrected chi connectivity index (χ1v) is 16.1. The van der Waals surface area contributed by atoms with Crippen LogP contribution in [0, 0.1) is 11.3 Å². The zero-order valence-corrected chi connectivity index (χ0v) is 27.9. The maximum atomic E-state index is 15.1. The molecule has 3 aliphatic rings. The van der Waals surface area contributed by atoms with Crippen molar-refractivity contribution in [2.24, 2.45) is 0 Å². The number of anilines is 3. The molecule has 1 atom stereocenters. The number of piperidine rings is 1. The second-order valence-corrected chi connectivity index (χ2v) is 13.0. The Kier molecular flexibility index (Phi) is 9.66. The standard InChI is InChI=1S/C33H39F2N9O5/c1-32(2,3)49-31(45)44-12-10-27(33(34,35)20-44)48-26-7-5-22(38-24(26)17-36)23-9-11-37-30(39-23)41-28-8-6-25(29(40-28)46-4)43-15-13-42(14-16-43)21-18-47-19-21/h5-9,11,21,27H,10,12-16,18-20H2,1-4H3,(H,37,39,40,41). The molecule has 0 bridgehead atoms. The average molecular weight is 680 g/mol. The Morgan fingerprint density at radius 2 is 1.80 bits per heavy atom. The van der Waals surface area contributed by atoms with E-state index in [1.165, 1.54) is 18.3 Å². The summed E-state index contributed by atoms with van der Waals surface area (Å²) in [4.78, 5) is 35.8. The van der Waals surface area contributed by atoms with Crippen LogP contribution in [0.4, 0.5) is 31.0 Å². The van der Waals surface area contributed by atoms with Crippen LogP contribution in [0.25, 0.3) is 11.4 Å². The molecule has 0 spiro atoms. The van der Waals surface area contributed by atoms with E-state index in [0.717, 1.165) is 50.0 Å². The average Bonchev–Trinajstić information content (AvgIpc) is 3.04. The summed E-state index contributed by atoms with van der Waals surface area (Å²) >= 11 is 0. The van der Waals surface area contributed by atoms with Crippen molar-refractivity contribution in [2.45, 2.75) is 50.9 Å². The molecule has 14 nitrogen and oxygen atoms in total. The van der Waals surface area contributed by atoms with E-state index in [1.54, 1.807) is 33.9 Å². The van der Waals surface area contributed by atoms with Gasteiger partial charge in [0.05, 0.1) is 44.3 Å². The number of carbonyl (C=O) groups excluding carboxylic acids is 1. The predicted octanol–water partition coefficient (Wildman–Crippen LogP) is 4.10. The molecule has 3 saturated heterocycles. The number of hydrogen-bond donors (Lipinski definition) is 1. The van der Waals surface area contributed by atoms with Gasteiger partial charge < -0.3 is 34.1 Å². The SMILES string of the molecule is COc1nc(Nc2nccc(-c3ccc(OC4CCN(C(=O)OC(C)(C)C)CC4(F)F)c(C#N)n3)n2)ccc1N1CCN(C2COC2)CC1. The number of alkyl halides is 2. The fourth-order valence-corrected chi connectivity index (χ4v) is 5.80. The number of aromatic nitrogens is 4. The van der Waals surface area contributed by atoms with E-state index in [1.807, 2.05) is 18.2 Å². The number of rotatable bonds is 8. The molecule has 3 aromatic rings. The smallest absolute Gasteiger partial charge is 0.410 e. The molecular formula is C33H39F2N9O5. The molecule has 0 saturated carbocycles. The number of halogens is 2. The number of piperazine rings is 1. The van der Waals surface area contributed by atoms with Crippen molar-refractivity contribution in [3.05, 3.63) is 42.2 Å². The number of ether oxygens (including phenoxy) is 4. The van der Waals surface area contributed by atoms with E-state index in [4.69, 9.17) is 18.9 Å². The van der Waals surface area contributed by atoms with Crippen LogP contribution < -0.4 is 19.7 Å². The lowest BCUT2D eigenvalue weighted by Crippen LogP contribution is -2.56. The minimum absolute atomic E-state index is 0.0102. The molecule has 1 N–H and O–H groups in total. The van der Waals surface area contributed by atoms with Gasteiger partial charge in [-0.05, 0) is 51.1 Å². The van der Waals surface area contributed by atoms with Gasteiger partial charge in [-0.2, -0.15) is 10.2 Å². The summed E-state index contributed by atoms with van der Waals surface area (Å²) in [5.41, 5.74) is 0.603. The Morgan fingerprint density at radius 3 is 2.45 bits per heavy atom. The van der Waals surface area contributed by atoms with Crippen LogP contribution in [0.1, 0.15) is 32.9 Å². The Balaban J connectivity index is 1.11. The molecule has 260 valence electrons. The second-order valence-electron chi connectivity index (χ2n) is 13.0. The molecule has 0 radical (unpaired) electrons. The zero-order valence-electron chi connectivity index (χ0n) is 27.9. The summed E-state index contributed by atoms with van der Waals surface area (Å²) in [5, 5.41) is 12.9. The van der Waals surface area contributed by atoms with Crippen LogP contribution in [-0.2, 0) is 9.47 Å². The third-order valence-electron chi connectivity index (χ3n) is 8.40. The van der Waals surface area contributed by atoms with Gasteiger partial charge in [0, 0.05) is 45.3 Å². The second kappa shape index (κ2) is 13.9. The molecule has 0 aromatic carbocycles. The van der Waals surface area contributed by atoms with Crippen molar-refractivity contribution in [3.8, 4) is 29.1 Å². The molecule has 6 rings (SSSR count). The number of carbonyl (C=O) groups is 1. The number of amides is 1. The molecule has 16 heteroatoms. The number of likely N-dealkylation sites (tertiary alicyclic amines) is 1. The first-order valence-electron chi connectivity index (χ1n) is 16.1. The van der Waals surface area contributed by atoms with Gasteiger partial charge >= 0.3 is 12.0 Å². The maximum Gasteiger partial charge on any atom is 0.410 e. The van der Waals surface area contributed by atoms with E-state index < -0.39 is 30.3 Å². The fourth-order valence-electron chi connectivity index (χ4n) is 5.80. The van der Waals surface area contributed by atoms with Gasteiger partial charge in [-0.15, -0.1) is 0 Å². The predicted molar refractivity (Wildman–Crippen MR) is 174 cm³/mol. The monoisotopic (exact) mass is 679 g/mol. The molecule has 3 aromatic heterocycles. The molecule has 6 heterocycles. The van der Waals surface area contributed by atoms with Crippen molar-refractivity contribution >= 4 is 23.5 Å². The van der Waals surface area contributed by atoms with Gasteiger partial charge in [0.15, 0.2) is 17.5 Å². The largest absolute Gasteiger partial charge is 0.481 e. The van der Waals surface area contributed by atoms with Crippen LogP contribution in [0.5, 0.6) is 11.6 Å². The third kappa shape index (κ3) is 7.89. The number of pyridine rings is 2. The number of hydrogen-bond acceptors (Lipinski definition) is 13. The lowest BCUT2D eigenvalue weighted by Gasteiger charge is -2.43. The van der Waals surface area contributed by atoms with Crippen molar-refractivity contribution < 1.29 is 32.5 Å². The van der Waals surface area contributed by atoms with Gasteiger partial charge in [-0.25, -0.2) is 28.5 Å². The van der Waals surface area contributed by atoms with E-state index in [-0.39, 0.29) is 30.4 Å². The quantitative estimate of drug-likeness (QED) is 0.364. The third-order valence-corrected chi connectivity index (χ3v) is 8.40. The highest BCUT2D eigenvalue weighted by atomic mass is 19.3. The fraction of sp³-hybridized carbons (Fsp3) is 0.515. The lowest BCUT2D eigenvalue weighted by atomic mass is 10.0. The topological polar surface area (TPSA) is 151 Å². The molecule has 49 heavy (non-hydrogen) atoms. The summed E-state index contributed by atoms with van der Waals surface area (Å²) in [6.45, 7) is 9.32. The lowest BCUT2D eigenvalue weighted by molar-refractivity contribution is -0.137. The molecule has 3 fully saturated rings. The molecule has 1 amide bonds. The summed E-state index contributed by atoms with van der Waals surface area (Å²) in [6.07, 6.45) is -1.01. The number of nitrogens with zero attached hydrogens (tertiary/aromatic N) is 8. The minimum atomic E-state index is -3.39. The van der Waals surface area contributed by atoms with Gasteiger partial charge in [-0.1, -0.05) is 0 Å². The van der Waals surface area contributed by atoms with E-state index in [0.29, 0.717) is 29.1 Å². The Bertz CT molecular complexity index is 1700. The van der Waals surface area contributed by atoms with Crippen LogP contribution in [0.2, 0.25) is 0 Å².